The van der Waals surface area contributed by atoms with Crippen LogP contribution >= 0.6 is 43.2 Å². The van der Waals surface area contributed by atoms with Gasteiger partial charge in [-0.15, -0.1) is 11.3 Å². The lowest BCUT2D eigenvalue weighted by molar-refractivity contribution is 0.0594. The minimum atomic E-state index is -0.376. The van der Waals surface area contributed by atoms with E-state index < -0.39 is 0 Å². The average molecular weight is 373 g/mol. The number of hydrogen-bond acceptors (Lipinski definition) is 4. The van der Waals surface area contributed by atoms with Gasteiger partial charge in [-0.25, -0.2) is 0 Å². The molecule has 1 unspecified atom stereocenters. The van der Waals surface area contributed by atoms with E-state index in [1.54, 1.807) is 18.4 Å². The molecule has 92 valence electrons. The third-order valence-corrected chi connectivity index (χ3v) is 5.27. The molecule has 1 atom stereocenters. The van der Waals surface area contributed by atoms with Crippen LogP contribution in [-0.4, -0.2) is 31.5 Å². The summed E-state index contributed by atoms with van der Waals surface area (Å²) in [5.41, 5.74) is 0. The second kappa shape index (κ2) is 7.79. The van der Waals surface area contributed by atoms with Crippen molar-refractivity contribution < 1.29 is 9.84 Å². The molecule has 1 aromatic heterocycles. The number of rotatable bonds is 7. The zero-order valence-corrected chi connectivity index (χ0v) is 13.0. The largest absolute Gasteiger partial charge is 0.391 e. The first-order valence-electron chi connectivity index (χ1n) is 4.95. The summed E-state index contributed by atoms with van der Waals surface area (Å²) in [6.07, 6.45) is 0.334. The Kier molecular flexibility index (Phi) is 7.11. The molecule has 1 rings (SSSR count). The maximum absolute atomic E-state index is 9.42. The van der Waals surface area contributed by atoms with Crippen LogP contribution in [0.3, 0.4) is 0 Å². The quantitative estimate of drug-likeness (QED) is 0.723. The second-order valence-corrected chi connectivity index (χ2v) is 6.72. The third kappa shape index (κ3) is 5.25. The van der Waals surface area contributed by atoms with Crippen molar-refractivity contribution in [3.63, 3.8) is 0 Å². The minimum Gasteiger partial charge on any atom is -0.391 e. The summed E-state index contributed by atoms with van der Waals surface area (Å²) in [7, 11) is 1.59. The van der Waals surface area contributed by atoms with E-state index in [4.69, 9.17) is 4.74 Å². The molecule has 0 bridgehead atoms. The topological polar surface area (TPSA) is 41.5 Å². The zero-order valence-electron chi connectivity index (χ0n) is 9.00. The van der Waals surface area contributed by atoms with Gasteiger partial charge in [0.25, 0.3) is 0 Å². The van der Waals surface area contributed by atoms with Gasteiger partial charge >= 0.3 is 0 Å². The molecular formula is C10H15Br2NO2S. The van der Waals surface area contributed by atoms with Crippen LogP contribution in [0.1, 0.15) is 11.3 Å². The van der Waals surface area contributed by atoms with Crippen LogP contribution in [0.5, 0.6) is 0 Å². The summed E-state index contributed by atoms with van der Waals surface area (Å²) < 4.78 is 7.06. The highest BCUT2D eigenvalue weighted by Crippen LogP contribution is 2.32. The summed E-state index contributed by atoms with van der Waals surface area (Å²) in [5, 5.41) is 12.7. The van der Waals surface area contributed by atoms with E-state index in [9.17, 15) is 5.11 Å². The monoisotopic (exact) mass is 371 g/mol. The van der Waals surface area contributed by atoms with Gasteiger partial charge in [-0.2, -0.15) is 0 Å². The third-order valence-electron chi connectivity index (χ3n) is 2.01. The van der Waals surface area contributed by atoms with Gasteiger partial charge in [-0.1, -0.05) is 0 Å². The van der Waals surface area contributed by atoms with Crippen LogP contribution in [0, 0.1) is 0 Å². The Hall–Kier alpha value is 0.540. The number of methoxy groups -OCH3 is 1. The van der Waals surface area contributed by atoms with Crippen molar-refractivity contribution in [2.24, 2.45) is 0 Å². The van der Waals surface area contributed by atoms with E-state index in [1.165, 1.54) is 4.88 Å². The summed E-state index contributed by atoms with van der Waals surface area (Å²) in [4.78, 5) is 1.26. The van der Waals surface area contributed by atoms with Crippen molar-refractivity contribution >= 4 is 43.2 Å². The fourth-order valence-electron chi connectivity index (χ4n) is 1.23. The van der Waals surface area contributed by atoms with Gasteiger partial charge in [-0.05, 0) is 50.9 Å². The number of thiophene rings is 1. The Morgan fingerprint density at radius 1 is 1.56 bits per heavy atom. The van der Waals surface area contributed by atoms with Gasteiger partial charge in [0.05, 0.1) is 16.5 Å². The number of ether oxygens (including phenoxy) is 1. The highest BCUT2D eigenvalue weighted by atomic mass is 79.9. The molecule has 0 aliphatic rings. The SMILES string of the molecule is COCC(O)CCNCc1cc(Br)c(Br)s1. The van der Waals surface area contributed by atoms with Crippen molar-refractivity contribution in [2.75, 3.05) is 20.3 Å². The maximum Gasteiger partial charge on any atom is 0.0843 e. The van der Waals surface area contributed by atoms with E-state index in [0.29, 0.717) is 13.0 Å². The van der Waals surface area contributed by atoms with Gasteiger partial charge < -0.3 is 15.2 Å². The van der Waals surface area contributed by atoms with Crippen molar-refractivity contribution in [3.05, 3.63) is 19.2 Å². The lowest BCUT2D eigenvalue weighted by Gasteiger charge is -2.09. The maximum atomic E-state index is 9.42. The molecule has 0 spiro atoms. The lowest BCUT2D eigenvalue weighted by atomic mass is 10.2. The molecular weight excluding hydrogens is 358 g/mol. The first kappa shape index (κ1) is 14.6. The molecule has 0 saturated carbocycles. The number of hydrogen-bond donors (Lipinski definition) is 2. The van der Waals surface area contributed by atoms with E-state index >= 15 is 0 Å². The molecule has 0 aliphatic heterocycles. The first-order chi connectivity index (χ1) is 7.63. The fraction of sp³-hybridized carbons (Fsp3) is 0.600. The average Bonchev–Trinajstić information content (AvgIpc) is 2.54. The Morgan fingerprint density at radius 2 is 2.31 bits per heavy atom. The molecule has 6 heteroatoms. The number of aliphatic hydroxyl groups excluding tert-OH is 1. The smallest absolute Gasteiger partial charge is 0.0843 e. The molecule has 0 fully saturated rings. The fourth-order valence-corrected chi connectivity index (χ4v) is 3.38. The molecule has 0 radical (unpaired) electrons. The molecule has 0 saturated heterocycles. The van der Waals surface area contributed by atoms with Crippen molar-refractivity contribution in [2.45, 2.75) is 19.1 Å². The van der Waals surface area contributed by atoms with Crippen molar-refractivity contribution in [1.82, 2.24) is 5.32 Å². The Balaban J connectivity index is 2.16. The summed E-state index contributed by atoms with van der Waals surface area (Å²) in [6, 6.07) is 2.09. The molecule has 0 aromatic carbocycles. The summed E-state index contributed by atoms with van der Waals surface area (Å²) in [6.45, 7) is 2.02. The number of aliphatic hydroxyl groups is 1. The van der Waals surface area contributed by atoms with Gasteiger partial charge in [0, 0.05) is 23.0 Å². The predicted octanol–water partition coefficient (Wildman–Crippen LogP) is 2.76. The Morgan fingerprint density at radius 3 is 2.88 bits per heavy atom. The zero-order chi connectivity index (χ0) is 12.0. The van der Waals surface area contributed by atoms with E-state index in [1.807, 2.05) is 0 Å². The molecule has 1 aromatic rings. The first-order valence-corrected chi connectivity index (χ1v) is 7.35. The highest BCUT2D eigenvalue weighted by Gasteiger charge is 2.05. The molecule has 0 aliphatic carbocycles. The Labute approximate surface area is 116 Å². The number of halogens is 2. The van der Waals surface area contributed by atoms with Crippen LogP contribution in [0.15, 0.2) is 14.3 Å². The molecule has 3 nitrogen and oxygen atoms in total. The van der Waals surface area contributed by atoms with Crippen molar-refractivity contribution in [1.29, 1.82) is 0 Å². The lowest BCUT2D eigenvalue weighted by Crippen LogP contribution is -2.22. The standard InChI is InChI=1S/C10H15Br2NO2S/c1-15-6-7(14)2-3-13-5-8-4-9(11)10(12)16-8/h4,7,13-14H,2-3,5-6H2,1H3. The molecule has 0 amide bonds. The van der Waals surface area contributed by atoms with E-state index in [-0.39, 0.29) is 6.10 Å². The minimum absolute atomic E-state index is 0.376. The van der Waals surface area contributed by atoms with Gasteiger partial charge in [0.15, 0.2) is 0 Å². The molecule has 2 N–H and O–H groups in total. The normalized spacial score (nSPS) is 13.0. The van der Waals surface area contributed by atoms with E-state index in [2.05, 4.69) is 43.2 Å². The predicted molar refractivity (Wildman–Crippen MR) is 73.9 cm³/mol. The Bertz CT molecular complexity index is 300. The van der Waals surface area contributed by atoms with Gasteiger partial charge in [0.1, 0.15) is 0 Å². The van der Waals surface area contributed by atoms with Crippen LogP contribution in [0.25, 0.3) is 0 Å². The van der Waals surface area contributed by atoms with E-state index in [0.717, 1.165) is 21.3 Å². The van der Waals surface area contributed by atoms with Crippen LogP contribution in [0.2, 0.25) is 0 Å². The summed E-state index contributed by atoms with van der Waals surface area (Å²) >= 11 is 8.61. The van der Waals surface area contributed by atoms with Crippen LogP contribution < -0.4 is 5.32 Å². The highest BCUT2D eigenvalue weighted by molar-refractivity contribution is 9.13. The molecule has 1 heterocycles. The number of nitrogens with one attached hydrogen (secondary N) is 1. The summed E-state index contributed by atoms with van der Waals surface area (Å²) in [5.74, 6) is 0. The second-order valence-electron chi connectivity index (χ2n) is 3.41. The van der Waals surface area contributed by atoms with Crippen molar-refractivity contribution in [3.8, 4) is 0 Å². The van der Waals surface area contributed by atoms with Gasteiger partial charge in [-0.3, -0.25) is 0 Å². The van der Waals surface area contributed by atoms with Crippen LogP contribution in [-0.2, 0) is 11.3 Å². The van der Waals surface area contributed by atoms with Gasteiger partial charge in [0.2, 0.25) is 0 Å². The molecule has 16 heavy (non-hydrogen) atoms. The van der Waals surface area contributed by atoms with Crippen LogP contribution in [0.4, 0.5) is 0 Å².